The van der Waals surface area contributed by atoms with Crippen molar-refractivity contribution in [1.29, 1.82) is 0 Å². The van der Waals surface area contributed by atoms with Crippen LogP contribution in [0.5, 0.6) is 0 Å². The highest BCUT2D eigenvalue weighted by Gasteiger charge is 2.19. The summed E-state index contributed by atoms with van der Waals surface area (Å²) >= 11 is 0. The highest BCUT2D eigenvalue weighted by atomic mass is 16.6. The number of nitro benzene ring substituents is 1. The average molecular weight is 283 g/mol. The van der Waals surface area contributed by atoms with Gasteiger partial charge in [-0.25, -0.2) is 0 Å². The molecule has 1 atom stereocenters. The van der Waals surface area contributed by atoms with Crippen LogP contribution in [0.4, 0.5) is 11.4 Å². The van der Waals surface area contributed by atoms with Crippen LogP contribution in [-0.4, -0.2) is 44.3 Å². The molecule has 1 aromatic rings. The smallest absolute Gasteiger partial charge is 0.292 e. The summed E-state index contributed by atoms with van der Waals surface area (Å²) in [7, 11) is 3.02. The maximum Gasteiger partial charge on any atom is 0.292 e. The maximum absolute atomic E-state index is 12.0. The number of hydrogen-bond acceptors (Lipinski definition) is 6. The van der Waals surface area contributed by atoms with Crippen molar-refractivity contribution >= 4 is 17.3 Å². The molecule has 110 valence electrons. The lowest BCUT2D eigenvalue weighted by atomic mass is 10.1. The van der Waals surface area contributed by atoms with Gasteiger partial charge in [-0.15, -0.1) is 0 Å². The number of carbonyl (C=O) groups excluding carboxylic acids is 1. The maximum atomic E-state index is 12.0. The van der Waals surface area contributed by atoms with Crippen LogP contribution in [0.2, 0.25) is 0 Å². The van der Waals surface area contributed by atoms with E-state index in [-0.39, 0.29) is 29.6 Å². The summed E-state index contributed by atoms with van der Waals surface area (Å²) in [4.78, 5) is 22.1. The fraction of sp³-hybridized carbons (Fsp3) is 0.417. The van der Waals surface area contributed by atoms with E-state index in [1.807, 2.05) is 0 Å². The van der Waals surface area contributed by atoms with Crippen molar-refractivity contribution in [2.24, 2.45) is 0 Å². The Labute approximate surface area is 116 Å². The van der Waals surface area contributed by atoms with E-state index in [1.54, 1.807) is 0 Å². The number of anilines is 1. The number of amides is 1. The van der Waals surface area contributed by atoms with Crippen molar-refractivity contribution in [3.05, 3.63) is 33.9 Å². The molecule has 1 amide bonds. The van der Waals surface area contributed by atoms with E-state index in [0.29, 0.717) is 6.61 Å². The molecule has 0 saturated carbocycles. The van der Waals surface area contributed by atoms with Gasteiger partial charge in [0.25, 0.3) is 11.6 Å². The molecular weight excluding hydrogens is 266 g/mol. The van der Waals surface area contributed by atoms with Crippen LogP contribution in [0, 0.1) is 10.1 Å². The van der Waals surface area contributed by atoms with Crippen molar-refractivity contribution in [2.45, 2.75) is 6.10 Å². The highest BCUT2D eigenvalue weighted by Crippen LogP contribution is 2.24. The number of nitrogens with one attached hydrogen (secondary N) is 1. The number of nitro groups is 1. The van der Waals surface area contributed by atoms with Crippen LogP contribution >= 0.6 is 0 Å². The van der Waals surface area contributed by atoms with Crippen molar-refractivity contribution in [1.82, 2.24) is 5.32 Å². The molecule has 8 heteroatoms. The Balaban J connectivity index is 2.78. The standard InChI is InChI=1S/C12H17N3O5/c1-19-7-8(20-2)6-14-12(16)9-4-3-5-10(11(9)13)15(17)18/h3-5,8H,6-7,13H2,1-2H3,(H,14,16). The summed E-state index contributed by atoms with van der Waals surface area (Å²) in [5.74, 6) is -0.496. The zero-order chi connectivity index (χ0) is 15.1. The summed E-state index contributed by atoms with van der Waals surface area (Å²) in [6, 6.07) is 4.08. The zero-order valence-corrected chi connectivity index (χ0v) is 11.3. The van der Waals surface area contributed by atoms with Gasteiger partial charge in [0.15, 0.2) is 0 Å². The number of carbonyl (C=O) groups is 1. The third-order valence-corrected chi connectivity index (χ3v) is 2.70. The average Bonchev–Trinajstić information content (AvgIpc) is 2.43. The van der Waals surface area contributed by atoms with E-state index in [4.69, 9.17) is 15.2 Å². The third kappa shape index (κ3) is 3.90. The number of nitrogens with two attached hydrogens (primary N) is 1. The van der Waals surface area contributed by atoms with Gasteiger partial charge in [0, 0.05) is 26.8 Å². The second-order valence-electron chi connectivity index (χ2n) is 4.02. The molecule has 1 unspecified atom stereocenters. The monoisotopic (exact) mass is 283 g/mol. The predicted molar refractivity (Wildman–Crippen MR) is 72.5 cm³/mol. The van der Waals surface area contributed by atoms with E-state index >= 15 is 0 Å². The molecule has 20 heavy (non-hydrogen) atoms. The SMILES string of the molecule is COCC(CNC(=O)c1cccc([N+](=O)[O-])c1N)OC. The summed E-state index contributed by atoms with van der Waals surface area (Å²) in [6.07, 6.45) is -0.302. The Hall–Kier alpha value is -2.19. The molecule has 0 aromatic heterocycles. The van der Waals surface area contributed by atoms with Gasteiger partial charge < -0.3 is 20.5 Å². The number of nitrogens with zero attached hydrogens (tertiary/aromatic N) is 1. The van der Waals surface area contributed by atoms with Crippen LogP contribution in [0.1, 0.15) is 10.4 Å². The first-order chi connectivity index (χ1) is 9.51. The van der Waals surface area contributed by atoms with Gasteiger partial charge in [0.2, 0.25) is 0 Å². The van der Waals surface area contributed by atoms with Gasteiger partial charge in [0.05, 0.1) is 23.2 Å². The number of para-hydroxylation sites is 1. The minimum absolute atomic E-state index is 0.0615. The van der Waals surface area contributed by atoms with E-state index in [1.165, 1.54) is 32.4 Å². The first-order valence-electron chi connectivity index (χ1n) is 5.84. The summed E-state index contributed by atoms with van der Waals surface area (Å²) in [5.41, 5.74) is 5.24. The van der Waals surface area contributed by atoms with Gasteiger partial charge >= 0.3 is 0 Å². The minimum atomic E-state index is -0.630. The number of rotatable bonds is 7. The van der Waals surface area contributed by atoms with Crippen LogP contribution in [0.15, 0.2) is 18.2 Å². The number of ether oxygens (including phenoxy) is 2. The van der Waals surface area contributed by atoms with E-state index in [2.05, 4.69) is 5.32 Å². The molecule has 0 spiro atoms. The Bertz CT molecular complexity index is 492. The number of nitrogen functional groups attached to an aromatic ring is 1. The lowest BCUT2D eigenvalue weighted by Gasteiger charge is -2.15. The summed E-state index contributed by atoms with van der Waals surface area (Å²) in [6.45, 7) is 0.534. The Morgan fingerprint density at radius 2 is 2.20 bits per heavy atom. The Morgan fingerprint density at radius 3 is 2.75 bits per heavy atom. The fourth-order valence-corrected chi connectivity index (χ4v) is 1.61. The molecule has 0 aliphatic heterocycles. The molecule has 1 aromatic carbocycles. The highest BCUT2D eigenvalue weighted by molar-refractivity contribution is 6.00. The summed E-state index contributed by atoms with van der Waals surface area (Å²) in [5, 5.41) is 13.3. The second kappa shape index (κ2) is 7.41. The van der Waals surface area contributed by atoms with Gasteiger partial charge in [0.1, 0.15) is 5.69 Å². The second-order valence-corrected chi connectivity index (χ2v) is 4.02. The van der Waals surface area contributed by atoms with Crippen LogP contribution in [0.25, 0.3) is 0 Å². The Morgan fingerprint density at radius 1 is 1.50 bits per heavy atom. The molecule has 0 aliphatic rings. The zero-order valence-electron chi connectivity index (χ0n) is 11.3. The summed E-state index contributed by atoms with van der Waals surface area (Å²) < 4.78 is 10.0. The fourth-order valence-electron chi connectivity index (χ4n) is 1.61. The van der Waals surface area contributed by atoms with Crippen LogP contribution in [0.3, 0.4) is 0 Å². The van der Waals surface area contributed by atoms with Crippen molar-refractivity contribution < 1.29 is 19.2 Å². The number of hydrogen-bond donors (Lipinski definition) is 2. The quantitative estimate of drug-likeness (QED) is 0.429. The van der Waals surface area contributed by atoms with E-state index in [0.717, 1.165) is 0 Å². The third-order valence-electron chi connectivity index (χ3n) is 2.70. The molecule has 0 saturated heterocycles. The van der Waals surface area contributed by atoms with E-state index < -0.39 is 10.8 Å². The van der Waals surface area contributed by atoms with Crippen molar-refractivity contribution in [3.8, 4) is 0 Å². The topological polar surface area (TPSA) is 117 Å². The molecule has 0 aliphatic carbocycles. The molecule has 0 radical (unpaired) electrons. The van der Waals surface area contributed by atoms with Crippen molar-refractivity contribution in [2.75, 3.05) is 33.1 Å². The molecular formula is C12H17N3O5. The molecule has 0 fully saturated rings. The van der Waals surface area contributed by atoms with Gasteiger partial charge in [-0.2, -0.15) is 0 Å². The van der Waals surface area contributed by atoms with Gasteiger partial charge in [-0.1, -0.05) is 6.07 Å². The Kier molecular flexibility index (Phi) is 5.88. The normalized spacial score (nSPS) is 11.9. The molecule has 3 N–H and O–H groups in total. The lowest BCUT2D eigenvalue weighted by molar-refractivity contribution is -0.383. The molecule has 0 heterocycles. The number of benzene rings is 1. The van der Waals surface area contributed by atoms with Gasteiger partial charge in [-0.3, -0.25) is 14.9 Å². The molecule has 1 rings (SSSR count). The van der Waals surface area contributed by atoms with Gasteiger partial charge in [-0.05, 0) is 6.07 Å². The first kappa shape index (κ1) is 15.9. The largest absolute Gasteiger partial charge is 0.393 e. The van der Waals surface area contributed by atoms with Crippen molar-refractivity contribution in [3.63, 3.8) is 0 Å². The molecule has 8 nitrogen and oxygen atoms in total. The molecule has 0 bridgehead atoms. The lowest BCUT2D eigenvalue weighted by Crippen LogP contribution is -2.35. The van der Waals surface area contributed by atoms with E-state index in [9.17, 15) is 14.9 Å². The van der Waals surface area contributed by atoms with Crippen LogP contribution < -0.4 is 11.1 Å². The number of methoxy groups -OCH3 is 2. The van der Waals surface area contributed by atoms with Crippen LogP contribution in [-0.2, 0) is 9.47 Å². The first-order valence-corrected chi connectivity index (χ1v) is 5.84. The minimum Gasteiger partial charge on any atom is -0.393 e. The predicted octanol–water partition coefficient (Wildman–Crippen LogP) is 0.568.